The Hall–Kier alpha value is -1.97. The van der Waals surface area contributed by atoms with Crippen LogP contribution >= 0.6 is 0 Å². The van der Waals surface area contributed by atoms with Gasteiger partial charge in [0, 0.05) is 5.41 Å². The molecule has 1 nitrogen and oxygen atoms in total. The first-order valence-electron chi connectivity index (χ1n) is 8.25. The molecule has 1 fully saturated rings. The molecule has 0 amide bonds. The Morgan fingerprint density at radius 2 is 1.33 bits per heavy atom. The van der Waals surface area contributed by atoms with Gasteiger partial charge in [0.15, 0.2) is 0 Å². The molecule has 2 aromatic carbocycles. The summed E-state index contributed by atoms with van der Waals surface area (Å²) in [6.45, 7) is 2.00. The molecule has 2 aromatic rings. The molecule has 0 aromatic heterocycles. The van der Waals surface area contributed by atoms with Crippen LogP contribution in [0.4, 0.5) is 13.2 Å². The number of rotatable bonds is 2. The van der Waals surface area contributed by atoms with E-state index in [0.29, 0.717) is 12.8 Å². The molecule has 0 unspecified atom stereocenters. The predicted molar refractivity (Wildman–Crippen MR) is 88.1 cm³/mol. The van der Waals surface area contributed by atoms with E-state index < -0.39 is 17.5 Å². The summed E-state index contributed by atoms with van der Waals surface area (Å²) in [6.07, 6.45) is -2.92. The largest absolute Gasteiger partial charge is 0.508 e. The molecule has 0 heterocycles. The van der Waals surface area contributed by atoms with Gasteiger partial charge >= 0.3 is 6.18 Å². The van der Waals surface area contributed by atoms with Gasteiger partial charge in [0.25, 0.3) is 0 Å². The van der Waals surface area contributed by atoms with Crippen molar-refractivity contribution >= 4 is 0 Å². The maximum absolute atomic E-state index is 13.1. The molecular formula is C20H21F3O. The Kier molecular flexibility index (Phi) is 4.33. The lowest BCUT2D eigenvalue weighted by molar-refractivity contribution is -0.184. The van der Waals surface area contributed by atoms with Gasteiger partial charge in [-0.15, -0.1) is 0 Å². The summed E-state index contributed by atoms with van der Waals surface area (Å²) in [5.41, 5.74) is 2.75. The quantitative estimate of drug-likeness (QED) is 0.742. The van der Waals surface area contributed by atoms with E-state index in [-0.39, 0.29) is 18.6 Å². The van der Waals surface area contributed by atoms with Crippen molar-refractivity contribution in [2.75, 3.05) is 0 Å². The van der Waals surface area contributed by atoms with E-state index in [1.165, 1.54) is 0 Å². The summed E-state index contributed by atoms with van der Waals surface area (Å²) in [6, 6.07) is 15.0. The summed E-state index contributed by atoms with van der Waals surface area (Å²) in [7, 11) is 0. The van der Waals surface area contributed by atoms with Crippen LogP contribution < -0.4 is 0 Å². The van der Waals surface area contributed by atoms with Crippen LogP contribution in [0.25, 0.3) is 0 Å². The Bertz CT molecular complexity index is 631. The van der Waals surface area contributed by atoms with Crippen LogP contribution in [0.1, 0.15) is 42.4 Å². The van der Waals surface area contributed by atoms with E-state index in [1.54, 1.807) is 12.1 Å². The van der Waals surface area contributed by atoms with Crippen LogP contribution in [0.5, 0.6) is 5.75 Å². The molecule has 0 aliphatic heterocycles. The highest BCUT2D eigenvalue weighted by atomic mass is 19.4. The predicted octanol–water partition coefficient (Wildman–Crippen LogP) is 5.74. The van der Waals surface area contributed by atoms with Crippen molar-refractivity contribution < 1.29 is 18.3 Å². The number of phenolic OH excluding ortho intramolecular Hbond substituents is 1. The SMILES string of the molecule is Cc1ccc([C@]2(c3ccc(O)cc3)CC[C@@H](C(F)(F)F)CC2)cc1. The lowest BCUT2D eigenvalue weighted by Gasteiger charge is -2.42. The Morgan fingerprint density at radius 1 is 0.875 bits per heavy atom. The average Bonchev–Trinajstić information content (AvgIpc) is 2.55. The molecule has 4 heteroatoms. The van der Waals surface area contributed by atoms with Gasteiger partial charge in [-0.1, -0.05) is 42.0 Å². The highest BCUT2D eigenvalue weighted by molar-refractivity contribution is 5.42. The van der Waals surface area contributed by atoms with Crippen molar-refractivity contribution in [1.29, 1.82) is 0 Å². The van der Waals surface area contributed by atoms with Crippen molar-refractivity contribution in [3.8, 4) is 5.75 Å². The number of hydrogen-bond acceptors (Lipinski definition) is 1. The van der Waals surface area contributed by atoms with Crippen molar-refractivity contribution in [2.24, 2.45) is 5.92 Å². The molecule has 1 aliphatic carbocycles. The lowest BCUT2D eigenvalue weighted by Crippen LogP contribution is -2.37. The number of benzene rings is 2. The minimum atomic E-state index is -4.12. The fourth-order valence-electron chi connectivity index (χ4n) is 3.84. The molecule has 1 N–H and O–H groups in total. The molecule has 0 radical (unpaired) electrons. The molecule has 1 aliphatic rings. The second kappa shape index (κ2) is 6.15. The van der Waals surface area contributed by atoms with Gasteiger partial charge in [0.1, 0.15) is 5.75 Å². The molecule has 0 atom stereocenters. The maximum atomic E-state index is 13.1. The van der Waals surface area contributed by atoms with Crippen molar-refractivity contribution in [2.45, 2.75) is 44.2 Å². The van der Waals surface area contributed by atoms with E-state index in [0.717, 1.165) is 16.7 Å². The van der Waals surface area contributed by atoms with E-state index >= 15 is 0 Å². The monoisotopic (exact) mass is 334 g/mol. The van der Waals surface area contributed by atoms with Crippen molar-refractivity contribution in [3.63, 3.8) is 0 Å². The minimum absolute atomic E-state index is 0.137. The zero-order valence-corrected chi connectivity index (χ0v) is 13.6. The number of alkyl halides is 3. The zero-order valence-electron chi connectivity index (χ0n) is 13.6. The smallest absolute Gasteiger partial charge is 0.391 e. The first-order valence-corrected chi connectivity index (χ1v) is 8.25. The van der Waals surface area contributed by atoms with E-state index in [9.17, 15) is 18.3 Å². The molecule has 0 spiro atoms. The summed E-state index contributed by atoms with van der Waals surface area (Å²) in [4.78, 5) is 0. The van der Waals surface area contributed by atoms with Gasteiger partial charge in [-0.25, -0.2) is 0 Å². The molecule has 3 rings (SSSR count). The highest BCUT2D eigenvalue weighted by Crippen LogP contribution is 2.50. The molecule has 0 bridgehead atoms. The first-order chi connectivity index (χ1) is 11.3. The van der Waals surface area contributed by atoms with Gasteiger partial charge in [-0.05, 0) is 55.9 Å². The second-order valence-electron chi connectivity index (χ2n) is 6.81. The Balaban J connectivity index is 2.00. The number of hydrogen-bond donors (Lipinski definition) is 1. The topological polar surface area (TPSA) is 20.2 Å². The molecular weight excluding hydrogens is 313 g/mol. The summed E-state index contributed by atoms with van der Waals surface area (Å²) in [5, 5.41) is 9.55. The van der Waals surface area contributed by atoms with Gasteiger partial charge in [0.2, 0.25) is 0 Å². The van der Waals surface area contributed by atoms with Crippen LogP contribution in [-0.4, -0.2) is 11.3 Å². The van der Waals surface area contributed by atoms with Crippen LogP contribution in [0.15, 0.2) is 48.5 Å². The normalized spacial score (nSPS) is 24.8. The standard InChI is InChI=1S/C20H21F3O/c1-14-2-4-15(5-3-14)19(16-6-8-18(24)9-7-16)12-10-17(11-13-19)20(21,22)23/h2-9,17,24H,10-13H2,1H3/t17-,19+. The summed E-state index contributed by atoms with van der Waals surface area (Å²) in [5.74, 6) is -1.05. The fraction of sp³-hybridized carbons (Fsp3) is 0.400. The lowest BCUT2D eigenvalue weighted by atomic mass is 9.63. The highest BCUT2D eigenvalue weighted by Gasteiger charge is 2.47. The van der Waals surface area contributed by atoms with Gasteiger partial charge in [0.05, 0.1) is 5.92 Å². The minimum Gasteiger partial charge on any atom is -0.508 e. The molecule has 1 saturated carbocycles. The van der Waals surface area contributed by atoms with Crippen LogP contribution in [0.2, 0.25) is 0 Å². The van der Waals surface area contributed by atoms with Crippen molar-refractivity contribution in [1.82, 2.24) is 0 Å². The maximum Gasteiger partial charge on any atom is 0.391 e. The van der Waals surface area contributed by atoms with E-state index in [2.05, 4.69) is 0 Å². The van der Waals surface area contributed by atoms with Gasteiger partial charge in [-0.3, -0.25) is 0 Å². The number of aromatic hydroxyl groups is 1. The molecule has 24 heavy (non-hydrogen) atoms. The molecule has 0 saturated heterocycles. The van der Waals surface area contributed by atoms with Gasteiger partial charge < -0.3 is 5.11 Å². The number of phenols is 1. The summed E-state index contributed by atoms with van der Waals surface area (Å²) >= 11 is 0. The van der Waals surface area contributed by atoms with Crippen LogP contribution in [0, 0.1) is 12.8 Å². The van der Waals surface area contributed by atoms with Crippen LogP contribution in [-0.2, 0) is 5.41 Å². The van der Waals surface area contributed by atoms with Gasteiger partial charge in [-0.2, -0.15) is 13.2 Å². The average molecular weight is 334 g/mol. The first kappa shape index (κ1) is 16.9. The Labute approximate surface area is 140 Å². The zero-order chi connectivity index (χ0) is 17.4. The number of halogens is 3. The summed E-state index contributed by atoms with van der Waals surface area (Å²) < 4.78 is 39.2. The second-order valence-corrected chi connectivity index (χ2v) is 6.81. The van der Waals surface area contributed by atoms with Crippen LogP contribution in [0.3, 0.4) is 0 Å². The Morgan fingerprint density at radius 3 is 1.79 bits per heavy atom. The molecule has 128 valence electrons. The third-order valence-electron chi connectivity index (χ3n) is 5.33. The fourth-order valence-corrected chi connectivity index (χ4v) is 3.84. The third-order valence-corrected chi connectivity index (χ3v) is 5.33. The van der Waals surface area contributed by atoms with E-state index in [4.69, 9.17) is 0 Å². The van der Waals surface area contributed by atoms with E-state index in [1.807, 2.05) is 43.3 Å². The third kappa shape index (κ3) is 3.14. The number of aryl methyl sites for hydroxylation is 1. The van der Waals surface area contributed by atoms with Crippen molar-refractivity contribution in [3.05, 3.63) is 65.2 Å².